The molecule has 0 saturated carbocycles. The van der Waals surface area contributed by atoms with E-state index in [1.54, 1.807) is 0 Å². The SMILES string of the molecule is CC1CC(C)N(C(c2ccccc2Cl)C(C)N)C1. The summed E-state index contributed by atoms with van der Waals surface area (Å²) < 4.78 is 0. The molecule has 4 unspecified atom stereocenters. The van der Waals surface area contributed by atoms with Gasteiger partial charge in [0.1, 0.15) is 0 Å². The van der Waals surface area contributed by atoms with Crippen molar-refractivity contribution in [2.24, 2.45) is 11.7 Å². The van der Waals surface area contributed by atoms with Crippen LogP contribution in [0.25, 0.3) is 0 Å². The second-order valence-corrected chi connectivity index (χ2v) is 6.12. The molecule has 1 aliphatic heterocycles. The zero-order valence-corrected chi connectivity index (χ0v) is 12.2. The van der Waals surface area contributed by atoms with Crippen LogP contribution in [0.2, 0.25) is 5.02 Å². The lowest BCUT2D eigenvalue weighted by molar-refractivity contribution is 0.167. The smallest absolute Gasteiger partial charge is 0.0514 e. The number of hydrogen-bond donors (Lipinski definition) is 1. The number of nitrogens with two attached hydrogens (primary N) is 1. The van der Waals surface area contributed by atoms with E-state index in [1.807, 2.05) is 18.2 Å². The first kappa shape index (κ1) is 13.9. The van der Waals surface area contributed by atoms with Crippen molar-refractivity contribution in [1.82, 2.24) is 4.90 Å². The number of halogens is 1. The van der Waals surface area contributed by atoms with Gasteiger partial charge < -0.3 is 5.73 Å². The molecule has 2 rings (SSSR count). The van der Waals surface area contributed by atoms with Gasteiger partial charge in [0.2, 0.25) is 0 Å². The van der Waals surface area contributed by atoms with E-state index in [4.69, 9.17) is 17.3 Å². The van der Waals surface area contributed by atoms with Gasteiger partial charge in [-0.15, -0.1) is 0 Å². The van der Waals surface area contributed by atoms with Gasteiger partial charge in [-0.25, -0.2) is 0 Å². The zero-order valence-electron chi connectivity index (χ0n) is 11.4. The molecule has 0 radical (unpaired) electrons. The summed E-state index contributed by atoms with van der Waals surface area (Å²) >= 11 is 6.34. The Morgan fingerprint density at radius 1 is 1.33 bits per heavy atom. The fourth-order valence-electron chi connectivity index (χ4n) is 3.20. The van der Waals surface area contributed by atoms with Crippen LogP contribution in [0.3, 0.4) is 0 Å². The summed E-state index contributed by atoms with van der Waals surface area (Å²) in [6, 6.07) is 8.95. The molecule has 1 saturated heterocycles. The van der Waals surface area contributed by atoms with Crippen LogP contribution in [0.1, 0.15) is 38.8 Å². The van der Waals surface area contributed by atoms with Gasteiger partial charge in [0, 0.05) is 23.7 Å². The first-order chi connectivity index (χ1) is 8.50. The summed E-state index contributed by atoms with van der Waals surface area (Å²) in [5, 5.41) is 0.826. The first-order valence-corrected chi connectivity index (χ1v) is 7.14. The maximum Gasteiger partial charge on any atom is 0.0514 e. The van der Waals surface area contributed by atoms with Crippen molar-refractivity contribution < 1.29 is 0 Å². The van der Waals surface area contributed by atoms with Crippen LogP contribution in [0.5, 0.6) is 0 Å². The van der Waals surface area contributed by atoms with Crippen LogP contribution in [-0.2, 0) is 0 Å². The molecule has 0 spiro atoms. The molecule has 1 aromatic carbocycles. The van der Waals surface area contributed by atoms with Crippen LogP contribution in [0.15, 0.2) is 24.3 Å². The summed E-state index contributed by atoms with van der Waals surface area (Å²) in [6.45, 7) is 7.78. The Hall–Kier alpha value is -0.570. The molecule has 0 bridgehead atoms. The van der Waals surface area contributed by atoms with Crippen LogP contribution in [0.4, 0.5) is 0 Å². The topological polar surface area (TPSA) is 29.3 Å². The highest BCUT2D eigenvalue weighted by Gasteiger charge is 2.35. The van der Waals surface area contributed by atoms with E-state index in [-0.39, 0.29) is 12.1 Å². The lowest BCUT2D eigenvalue weighted by Crippen LogP contribution is -2.41. The third-order valence-corrected chi connectivity index (χ3v) is 4.26. The number of rotatable bonds is 3. The molecule has 4 atom stereocenters. The first-order valence-electron chi connectivity index (χ1n) is 6.76. The van der Waals surface area contributed by atoms with Gasteiger partial charge in [0.25, 0.3) is 0 Å². The standard InChI is InChI=1S/C15H23ClN2/c1-10-8-11(2)18(9-10)15(12(3)17)13-6-4-5-7-14(13)16/h4-7,10-12,15H,8-9,17H2,1-3H3. The normalized spacial score (nSPS) is 28.3. The van der Waals surface area contributed by atoms with Crippen molar-refractivity contribution in [3.63, 3.8) is 0 Å². The predicted molar refractivity (Wildman–Crippen MR) is 77.8 cm³/mol. The van der Waals surface area contributed by atoms with E-state index in [2.05, 4.69) is 31.7 Å². The van der Waals surface area contributed by atoms with Crippen molar-refractivity contribution in [1.29, 1.82) is 0 Å². The minimum absolute atomic E-state index is 0.0812. The second-order valence-electron chi connectivity index (χ2n) is 5.71. The summed E-state index contributed by atoms with van der Waals surface area (Å²) in [4.78, 5) is 2.51. The Labute approximate surface area is 115 Å². The Kier molecular flexibility index (Phi) is 4.31. The minimum Gasteiger partial charge on any atom is -0.326 e. The predicted octanol–water partition coefficient (Wildman–Crippen LogP) is 3.46. The van der Waals surface area contributed by atoms with Crippen LogP contribution in [0, 0.1) is 5.92 Å². The molecule has 18 heavy (non-hydrogen) atoms. The van der Waals surface area contributed by atoms with Gasteiger partial charge in [0.05, 0.1) is 6.04 Å². The lowest BCUT2D eigenvalue weighted by atomic mass is 9.98. The largest absolute Gasteiger partial charge is 0.326 e. The average Bonchev–Trinajstić information content (AvgIpc) is 2.61. The van der Waals surface area contributed by atoms with Gasteiger partial charge in [-0.2, -0.15) is 0 Å². The van der Waals surface area contributed by atoms with Crippen molar-refractivity contribution in [2.45, 2.75) is 45.3 Å². The summed E-state index contributed by atoms with van der Waals surface area (Å²) in [7, 11) is 0. The molecule has 3 heteroatoms. The fourth-order valence-corrected chi connectivity index (χ4v) is 3.45. The molecule has 2 N–H and O–H groups in total. The average molecular weight is 267 g/mol. The van der Waals surface area contributed by atoms with Gasteiger partial charge in [-0.1, -0.05) is 36.7 Å². The summed E-state index contributed by atoms with van der Waals surface area (Å²) in [5.74, 6) is 0.740. The minimum atomic E-state index is 0.0812. The molecule has 0 amide bonds. The third kappa shape index (κ3) is 2.71. The molecule has 1 fully saturated rings. The molecular formula is C15H23ClN2. The number of nitrogens with zero attached hydrogens (tertiary/aromatic N) is 1. The molecule has 100 valence electrons. The molecule has 2 nitrogen and oxygen atoms in total. The van der Waals surface area contributed by atoms with Gasteiger partial charge >= 0.3 is 0 Å². The molecule has 1 aliphatic rings. The molecule has 0 aliphatic carbocycles. The van der Waals surface area contributed by atoms with E-state index >= 15 is 0 Å². The zero-order chi connectivity index (χ0) is 13.3. The highest BCUT2D eigenvalue weighted by Crippen LogP contribution is 2.36. The van der Waals surface area contributed by atoms with Crippen molar-refractivity contribution in [2.75, 3.05) is 6.54 Å². The molecular weight excluding hydrogens is 244 g/mol. The lowest BCUT2D eigenvalue weighted by Gasteiger charge is -2.35. The Balaban J connectivity index is 2.32. The van der Waals surface area contributed by atoms with Crippen molar-refractivity contribution in [3.8, 4) is 0 Å². The monoisotopic (exact) mass is 266 g/mol. The van der Waals surface area contributed by atoms with Gasteiger partial charge in [0.15, 0.2) is 0 Å². The van der Waals surface area contributed by atoms with Crippen LogP contribution >= 0.6 is 11.6 Å². The van der Waals surface area contributed by atoms with E-state index in [0.29, 0.717) is 6.04 Å². The Morgan fingerprint density at radius 3 is 2.50 bits per heavy atom. The summed E-state index contributed by atoms with van der Waals surface area (Å²) in [5.41, 5.74) is 7.39. The van der Waals surface area contributed by atoms with Crippen LogP contribution in [-0.4, -0.2) is 23.5 Å². The quantitative estimate of drug-likeness (QED) is 0.908. The maximum absolute atomic E-state index is 6.34. The number of hydrogen-bond acceptors (Lipinski definition) is 2. The Bertz CT molecular complexity index is 405. The van der Waals surface area contributed by atoms with E-state index in [0.717, 1.165) is 23.0 Å². The van der Waals surface area contributed by atoms with E-state index < -0.39 is 0 Å². The van der Waals surface area contributed by atoms with E-state index in [1.165, 1.54) is 6.42 Å². The second kappa shape index (κ2) is 5.60. The molecule has 1 aromatic rings. The van der Waals surface area contributed by atoms with Crippen LogP contribution < -0.4 is 5.73 Å². The highest BCUT2D eigenvalue weighted by atomic mass is 35.5. The maximum atomic E-state index is 6.34. The third-order valence-electron chi connectivity index (χ3n) is 3.91. The van der Waals surface area contributed by atoms with E-state index in [9.17, 15) is 0 Å². The highest BCUT2D eigenvalue weighted by molar-refractivity contribution is 6.31. The summed E-state index contributed by atoms with van der Waals surface area (Å²) in [6.07, 6.45) is 1.24. The number of likely N-dealkylation sites (tertiary alicyclic amines) is 1. The molecule has 0 aromatic heterocycles. The van der Waals surface area contributed by atoms with Crippen molar-refractivity contribution in [3.05, 3.63) is 34.9 Å². The number of benzene rings is 1. The van der Waals surface area contributed by atoms with Gasteiger partial charge in [-0.05, 0) is 37.8 Å². The Morgan fingerprint density at radius 2 is 2.00 bits per heavy atom. The fraction of sp³-hybridized carbons (Fsp3) is 0.600. The van der Waals surface area contributed by atoms with Crippen molar-refractivity contribution >= 4 is 11.6 Å². The molecule has 1 heterocycles. The van der Waals surface area contributed by atoms with Gasteiger partial charge in [-0.3, -0.25) is 4.90 Å².